The summed E-state index contributed by atoms with van der Waals surface area (Å²) in [7, 11) is -0.822. The molecule has 0 bridgehead atoms. The van der Waals surface area contributed by atoms with E-state index in [1.807, 2.05) is 50.3 Å². The van der Waals surface area contributed by atoms with Gasteiger partial charge in [-0.25, -0.2) is 13.2 Å². The van der Waals surface area contributed by atoms with Crippen LogP contribution in [0.15, 0.2) is 42.5 Å². The topological polar surface area (TPSA) is 151 Å². The zero-order valence-corrected chi connectivity index (χ0v) is 23.8. The lowest BCUT2D eigenvalue weighted by molar-refractivity contribution is 0.00578. The Hall–Kier alpha value is -3.97. The molecule has 13 heteroatoms. The van der Waals surface area contributed by atoms with Crippen LogP contribution in [-0.4, -0.2) is 33.6 Å². The number of rotatable bonds is 1. The van der Waals surface area contributed by atoms with Crippen LogP contribution in [0.4, 0.5) is 13.2 Å². The average Bonchev–Trinajstić information content (AvgIpc) is 3.08. The van der Waals surface area contributed by atoms with Crippen LogP contribution in [0.3, 0.4) is 0 Å². The number of hydrogen-bond donors (Lipinski definition) is 3. The predicted molar refractivity (Wildman–Crippen MR) is 147 cm³/mol. The number of phenols is 3. The van der Waals surface area contributed by atoms with Crippen molar-refractivity contribution < 1.29 is 37.8 Å². The Morgan fingerprint density at radius 1 is 0.700 bits per heavy atom. The SMILES string of the molecule is CC1(C)OB(c2cc(C#N)c(F)cc2O)OC1(C)C.N#Cc1cc(I)c(O)cc1F.N#Cc1ccc(O)cc1F. The summed E-state index contributed by atoms with van der Waals surface area (Å²) in [6, 6.07) is 12.8. The fraction of sp³-hybridized carbons (Fsp3) is 0.222. The first-order chi connectivity index (χ1) is 18.6. The van der Waals surface area contributed by atoms with Crippen molar-refractivity contribution >= 4 is 35.2 Å². The van der Waals surface area contributed by atoms with E-state index in [1.165, 1.54) is 24.3 Å². The molecule has 3 aromatic rings. The lowest BCUT2D eigenvalue weighted by Crippen LogP contribution is -2.41. The molecule has 0 atom stereocenters. The first kappa shape index (κ1) is 32.2. The largest absolute Gasteiger partial charge is 0.508 e. The zero-order chi connectivity index (χ0) is 30.4. The Balaban J connectivity index is 0.000000228. The summed E-state index contributed by atoms with van der Waals surface area (Å²) in [6.45, 7) is 7.50. The Morgan fingerprint density at radius 2 is 1.15 bits per heavy atom. The van der Waals surface area contributed by atoms with Crippen molar-refractivity contribution in [1.29, 1.82) is 15.8 Å². The molecular formula is C27H22BF3IN3O5. The lowest BCUT2D eigenvalue weighted by Gasteiger charge is -2.32. The Morgan fingerprint density at radius 3 is 1.62 bits per heavy atom. The van der Waals surface area contributed by atoms with Crippen molar-refractivity contribution in [2.24, 2.45) is 0 Å². The number of hydrogen-bond acceptors (Lipinski definition) is 8. The molecule has 0 radical (unpaired) electrons. The molecule has 1 aliphatic heterocycles. The van der Waals surface area contributed by atoms with Crippen molar-refractivity contribution in [2.45, 2.75) is 38.9 Å². The third kappa shape index (κ3) is 7.57. The van der Waals surface area contributed by atoms with Gasteiger partial charge in [-0.05, 0) is 74.6 Å². The van der Waals surface area contributed by atoms with E-state index < -0.39 is 35.8 Å². The highest BCUT2D eigenvalue weighted by Crippen LogP contribution is 2.37. The molecule has 0 amide bonds. The van der Waals surface area contributed by atoms with Gasteiger partial charge in [-0.1, -0.05) is 0 Å². The van der Waals surface area contributed by atoms with E-state index in [9.17, 15) is 18.3 Å². The maximum Gasteiger partial charge on any atom is 0.498 e. The maximum atomic E-state index is 13.4. The number of halogens is 4. The zero-order valence-electron chi connectivity index (χ0n) is 21.6. The highest BCUT2D eigenvalue weighted by molar-refractivity contribution is 14.1. The monoisotopic (exact) mass is 663 g/mol. The molecule has 3 aromatic carbocycles. The summed E-state index contributed by atoms with van der Waals surface area (Å²) < 4.78 is 50.5. The minimum atomic E-state index is -0.822. The Kier molecular flexibility index (Phi) is 10.4. The van der Waals surface area contributed by atoms with E-state index in [4.69, 9.17) is 35.3 Å². The summed E-state index contributed by atoms with van der Waals surface area (Å²) in [5.41, 5.74) is -1.12. The van der Waals surface area contributed by atoms with Gasteiger partial charge < -0.3 is 24.6 Å². The second-order valence-electron chi connectivity index (χ2n) is 9.26. The van der Waals surface area contributed by atoms with Crippen molar-refractivity contribution in [1.82, 2.24) is 0 Å². The van der Waals surface area contributed by atoms with E-state index in [-0.39, 0.29) is 39.4 Å². The third-order valence-electron chi connectivity index (χ3n) is 5.97. The summed E-state index contributed by atoms with van der Waals surface area (Å²) in [4.78, 5) is 0. The number of nitriles is 3. The first-order valence-electron chi connectivity index (χ1n) is 11.3. The van der Waals surface area contributed by atoms with Gasteiger partial charge in [0.1, 0.15) is 52.9 Å². The normalized spacial score (nSPS) is 14.4. The molecule has 8 nitrogen and oxygen atoms in total. The molecule has 0 saturated carbocycles. The van der Waals surface area contributed by atoms with Gasteiger partial charge in [0.25, 0.3) is 0 Å². The van der Waals surface area contributed by atoms with Gasteiger partial charge in [0.15, 0.2) is 0 Å². The first-order valence-corrected chi connectivity index (χ1v) is 12.4. The van der Waals surface area contributed by atoms with Gasteiger partial charge in [-0.15, -0.1) is 0 Å². The van der Waals surface area contributed by atoms with Crippen LogP contribution in [-0.2, 0) is 9.31 Å². The molecule has 1 heterocycles. The van der Waals surface area contributed by atoms with Crippen LogP contribution < -0.4 is 5.46 Å². The van der Waals surface area contributed by atoms with Crippen molar-refractivity contribution in [3.63, 3.8) is 0 Å². The lowest BCUT2D eigenvalue weighted by atomic mass is 9.77. The second kappa shape index (κ2) is 12.9. The molecule has 1 fully saturated rings. The van der Waals surface area contributed by atoms with Gasteiger partial charge in [0.2, 0.25) is 0 Å². The van der Waals surface area contributed by atoms with E-state index >= 15 is 0 Å². The molecule has 40 heavy (non-hydrogen) atoms. The van der Waals surface area contributed by atoms with Gasteiger partial charge in [0, 0.05) is 23.7 Å². The number of benzene rings is 3. The molecule has 1 aliphatic rings. The van der Waals surface area contributed by atoms with Crippen LogP contribution in [0.5, 0.6) is 17.2 Å². The number of aromatic hydroxyl groups is 3. The van der Waals surface area contributed by atoms with Crippen molar-refractivity contribution in [3.05, 3.63) is 80.2 Å². The van der Waals surface area contributed by atoms with Crippen LogP contribution >= 0.6 is 22.6 Å². The van der Waals surface area contributed by atoms with E-state index in [2.05, 4.69) is 0 Å². The van der Waals surface area contributed by atoms with Crippen molar-refractivity contribution in [3.8, 4) is 35.5 Å². The van der Waals surface area contributed by atoms with E-state index in [0.717, 1.165) is 18.2 Å². The van der Waals surface area contributed by atoms with E-state index in [1.54, 1.807) is 18.2 Å². The van der Waals surface area contributed by atoms with Gasteiger partial charge in [0.05, 0.1) is 31.5 Å². The minimum Gasteiger partial charge on any atom is -0.508 e. The van der Waals surface area contributed by atoms with Crippen LogP contribution in [0.25, 0.3) is 0 Å². The van der Waals surface area contributed by atoms with Gasteiger partial charge in [-0.2, -0.15) is 15.8 Å². The minimum absolute atomic E-state index is 0.0489. The second-order valence-corrected chi connectivity index (χ2v) is 10.4. The van der Waals surface area contributed by atoms with Crippen LogP contribution in [0, 0.1) is 55.0 Å². The molecule has 0 aromatic heterocycles. The molecule has 3 N–H and O–H groups in total. The molecule has 0 spiro atoms. The summed E-state index contributed by atoms with van der Waals surface area (Å²) in [5.74, 6) is -2.73. The summed E-state index contributed by atoms with van der Waals surface area (Å²) in [5, 5.41) is 52.9. The van der Waals surface area contributed by atoms with Gasteiger partial charge in [-0.3, -0.25) is 0 Å². The smallest absolute Gasteiger partial charge is 0.498 e. The van der Waals surface area contributed by atoms with Gasteiger partial charge >= 0.3 is 7.12 Å². The fourth-order valence-corrected chi connectivity index (χ4v) is 3.51. The Bertz CT molecular complexity index is 1530. The number of nitrogens with zero attached hydrogens (tertiary/aromatic N) is 3. The fourth-order valence-electron chi connectivity index (χ4n) is 3.04. The van der Waals surface area contributed by atoms with Crippen LogP contribution in [0.2, 0.25) is 0 Å². The molecule has 206 valence electrons. The predicted octanol–water partition coefficient (Wildman–Crippen LogP) is 5.11. The summed E-state index contributed by atoms with van der Waals surface area (Å²) >= 11 is 1.82. The van der Waals surface area contributed by atoms with E-state index in [0.29, 0.717) is 3.57 Å². The number of phenolic OH excluding ortho intramolecular Hbond substituents is 3. The molecule has 0 unspecified atom stereocenters. The highest BCUT2D eigenvalue weighted by Gasteiger charge is 2.52. The standard InChI is InChI=1S/C13H15BFNO3.C7H3FINO.C7H4FNO/c1-12(2)13(3,4)19-14(18-12)9-5-8(7-16)10(15)6-11(9)17;8-5-2-7(11)6(9)1-4(5)3-10;8-7-3-6(10)2-1-5(7)4-9/h5-6,17H,1-4H3;1-2,11H;1-3,10H. The van der Waals surface area contributed by atoms with Crippen molar-refractivity contribution in [2.75, 3.05) is 0 Å². The Labute approximate surface area is 242 Å². The quantitative estimate of drug-likeness (QED) is 0.240. The molecule has 0 aliphatic carbocycles. The maximum absolute atomic E-state index is 13.4. The molecule has 1 saturated heterocycles. The summed E-state index contributed by atoms with van der Waals surface area (Å²) in [6.07, 6.45) is 0. The average molecular weight is 663 g/mol. The molecule has 4 rings (SSSR count). The molecular weight excluding hydrogens is 641 g/mol. The van der Waals surface area contributed by atoms with Crippen LogP contribution in [0.1, 0.15) is 44.4 Å². The highest BCUT2D eigenvalue weighted by atomic mass is 127. The third-order valence-corrected chi connectivity index (χ3v) is 6.84.